The van der Waals surface area contributed by atoms with E-state index in [1.54, 1.807) is 6.07 Å². The zero-order valence-electron chi connectivity index (χ0n) is 10.9. The number of carbonyl (C=O) groups excluding carboxylic acids is 1. The van der Waals surface area contributed by atoms with Crippen LogP contribution in [0.1, 0.15) is 41.9 Å². The van der Waals surface area contributed by atoms with Crippen molar-refractivity contribution in [1.82, 2.24) is 10.3 Å². The van der Waals surface area contributed by atoms with Gasteiger partial charge >= 0.3 is 0 Å². The number of amides is 1. The molecule has 2 rings (SSSR count). The van der Waals surface area contributed by atoms with Crippen LogP contribution in [0.4, 0.5) is 0 Å². The Kier molecular flexibility index (Phi) is 4.31. The molecule has 3 N–H and O–H groups in total. The highest BCUT2D eigenvalue weighted by atomic mass is 16.1. The number of aryl methyl sites for hydroxylation is 1. The minimum absolute atomic E-state index is 0.100. The summed E-state index contributed by atoms with van der Waals surface area (Å²) in [5, 5.41) is 2.94. The van der Waals surface area contributed by atoms with Gasteiger partial charge in [0.05, 0.1) is 0 Å². The first-order chi connectivity index (χ1) is 8.66. The molecule has 98 valence electrons. The molecule has 1 aromatic rings. The fraction of sp³-hybridized carbons (Fsp3) is 0.571. The van der Waals surface area contributed by atoms with Gasteiger partial charge in [0.2, 0.25) is 0 Å². The van der Waals surface area contributed by atoms with Gasteiger partial charge in [0.15, 0.2) is 0 Å². The van der Waals surface area contributed by atoms with E-state index >= 15 is 0 Å². The molecule has 0 radical (unpaired) electrons. The second-order valence-corrected chi connectivity index (χ2v) is 5.08. The van der Waals surface area contributed by atoms with Crippen LogP contribution in [0.3, 0.4) is 0 Å². The average Bonchev–Trinajstić information content (AvgIpc) is 2.37. The van der Waals surface area contributed by atoms with Crippen molar-refractivity contribution >= 4 is 5.91 Å². The smallest absolute Gasteiger partial charge is 0.269 e. The number of rotatable bonds is 3. The topological polar surface area (TPSA) is 68.0 Å². The summed E-state index contributed by atoms with van der Waals surface area (Å²) in [5.41, 5.74) is 7.40. The molecule has 1 aliphatic carbocycles. The van der Waals surface area contributed by atoms with Crippen molar-refractivity contribution in [1.29, 1.82) is 0 Å². The van der Waals surface area contributed by atoms with E-state index in [9.17, 15) is 4.79 Å². The van der Waals surface area contributed by atoms with Crippen molar-refractivity contribution in [3.63, 3.8) is 0 Å². The van der Waals surface area contributed by atoms with Gasteiger partial charge in [-0.05, 0) is 37.8 Å². The molecule has 4 heteroatoms. The van der Waals surface area contributed by atoms with Gasteiger partial charge in [0.25, 0.3) is 5.91 Å². The number of nitrogens with one attached hydrogen (secondary N) is 1. The van der Waals surface area contributed by atoms with Crippen LogP contribution in [0.15, 0.2) is 18.2 Å². The Labute approximate surface area is 108 Å². The van der Waals surface area contributed by atoms with Crippen LogP contribution in [0, 0.1) is 12.8 Å². The number of carbonyl (C=O) groups is 1. The molecule has 0 spiro atoms. The predicted octanol–water partition coefficient (Wildman–Crippen LogP) is 1.64. The summed E-state index contributed by atoms with van der Waals surface area (Å²) in [7, 11) is 0. The molecule has 2 atom stereocenters. The van der Waals surface area contributed by atoms with E-state index in [1.165, 1.54) is 12.8 Å². The number of nitrogens with zero attached hydrogens (tertiary/aromatic N) is 1. The summed E-state index contributed by atoms with van der Waals surface area (Å²) in [4.78, 5) is 16.1. The minimum Gasteiger partial charge on any atom is -0.350 e. The highest BCUT2D eigenvalue weighted by Crippen LogP contribution is 2.22. The third kappa shape index (κ3) is 3.29. The zero-order chi connectivity index (χ0) is 13.0. The lowest BCUT2D eigenvalue weighted by atomic mass is 9.85. The second kappa shape index (κ2) is 5.96. The third-order valence-electron chi connectivity index (χ3n) is 3.61. The highest BCUT2D eigenvalue weighted by Gasteiger charge is 2.22. The Hall–Kier alpha value is -1.42. The van der Waals surface area contributed by atoms with Gasteiger partial charge in [-0.1, -0.05) is 18.9 Å². The van der Waals surface area contributed by atoms with Crippen molar-refractivity contribution < 1.29 is 4.79 Å². The number of aromatic nitrogens is 1. The second-order valence-electron chi connectivity index (χ2n) is 5.08. The molecule has 0 bridgehead atoms. The van der Waals surface area contributed by atoms with E-state index in [0.717, 1.165) is 18.5 Å². The first kappa shape index (κ1) is 13.0. The lowest BCUT2D eigenvalue weighted by Crippen LogP contribution is -2.41. The maximum Gasteiger partial charge on any atom is 0.269 e. The van der Waals surface area contributed by atoms with E-state index in [1.807, 2.05) is 19.1 Å². The Balaban J connectivity index is 1.88. The van der Waals surface area contributed by atoms with Crippen molar-refractivity contribution in [2.45, 2.75) is 38.6 Å². The van der Waals surface area contributed by atoms with Crippen molar-refractivity contribution in [2.75, 3.05) is 6.54 Å². The van der Waals surface area contributed by atoms with Crippen molar-refractivity contribution in [3.05, 3.63) is 29.6 Å². The highest BCUT2D eigenvalue weighted by molar-refractivity contribution is 5.92. The Bertz CT molecular complexity index is 419. The van der Waals surface area contributed by atoms with Crippen molar-refractivity contribution in [2.24, 2.45) is 11.7 Å². The molecule has 4 nitrogen and oxygen atoms in total. The van der Waals surface area contributed by atoms with Crippen LogP contribution >= 0.6 is 0 Å². The molecular formula is C14H21N3O. The summed E-state index contributed by atoms with van der Waals surface area (Å²) >= 11 is 0. The molecule has 0 aliphatic heterocycles. The lowest BCUT2D eigenvalue weighted by Gasteiger charge is -2.28. The van der Waals surface area contributed by atoms with E-state index in [0.29, 0.717) is 18.2 Å². The van der Waals surface area contributed by atoms with Crippen LogP contribution in [0.25, 0.3) is 0 Å². The third-order valence-corrected chi connectivity index (χ3v) is 3.61. The normalized spacial score (nSPS) is 23.7. The monoisotopic (exact) mass is 247 g/mol. The van der Waals surface area contributed by atoms with Crippen LogP contribution in [-0.2, 0) is 0 Å². The fourth-order valence-electron chi connectivity index (χ4n) is 2.47. The van der Waals surface area contributed by atoms with Gasteiger partial charge in [0.1, 0.15) is 5.69 Å². The maximum atomic E-state index is 11.9. The number of hydrogen-bond acceptors (Lipinski definition) is 3. The maximum absolute atomic E-state index is 11.9. The van der Waals surface area contributed by atoms with Gasteiger partial charge < -0.3 is 11.1 Å². The van der Waals surface area contributed by atoms with Crippen LogP contribution in [0.2, 0.25) is 0 Å². The number of pyridine rings is 1. The fourth-order valence-corrected chi connectivity index (χ4v) is 2.47. The molecule has 0 saturated heterocycles. The standard InChI is InChI=1S/C14H21N3O/c1-10-5-4-8-13(17-10)14(18)16-9-11-6-2-3-7-12(11)15/h4-5,8,11-12H,2-3,6-7,9,15H2,1H3,(H,16,18). The van der Waals surface area contributed by atoms with E-state index in [-0.39, 0.29) is 11.9 Å². The summed E-state index contributed by atoms with van der Waals surface area (Å²) in [5.74, 6) is 0.309. The lowest BCUT2D eigenvalue weighted by molar-refractivity contribution is 0.0936. The number of nitrogens with two attached hydrogens (primary N) is 1. The van der Waals surface area contributed by atoms with Crippen LogP contribution in [-0.4, -0.2) is 23.5 Å². The molecule has 1 saturated carbocycles. The van der Waals surface area contributed by atoms with Crippen molar-refractivity contribution in [3.8, 4) is 0 Å². The molecule has 1 fully saturated rings. The minimum atomic E-state index is -0.100. The molecule has 0 aromatic carbocycles. The Morgan fingerprint density at radius 1 is 1.44 bits per heavy atom. The average molecular weight is 247 g/mol. The Morgan fingerprint density at radius 2 is 2.22 bits per heavy atom. The van der Waals surface area contributed by atoms with Gasteiger partial charge in [-0.3, -0.25) is 4.79 Å². The summed E-state index contributed by atoms with van der Waals surface area (Å²) < 4.78 is 0. The summed E-state index contributed by atoms with van der Waals surface area (Å²) in [6, 6.07) is 5.70. The quantitative estimate of drug-likeness (QED) is 0.853. The van der Waals surface area contributed by atoms with Crippen LogP contribution in [0.5, 0.6) is 0 Å². The van der Waals surface area contributed by atoms with E-state index in [4.69, 9.17) is 5.73 Å². The van der Waals surface area contributed by atoms with Gasteiger partial charge in [-0.2, -0.15) is 0 Å². The molecule has 2 unspecified atom stereocenters. The molecule has 18 heavy (non-hydrogen) atoms. The molecule has 1 amide bonds. The SMILES string of the molecule is Cc1cccc(C(=O)NCC2CCCCC2N)n1. The zero-order valence-corrected chi connectivity index (χ0v) is 10.9. The number of hydrogen-bond donors (Lipinski definition) is 2. The van der Waals surface area contributed by atoms with Gasteiger partial charge in [-0.25, -0.2) is 4.98 Å². The van der Waals surface area contributed by atoms with E-state index in [2.05, 4.69) is 10.3 Å². The molecule has 1 aromatic heterocycles. The summed E-state index contributed by atoms with van der Waals surface area (Å²) in [6.45, 7) is 2.55. The summed E-state index contributed by atoms with van der Waals surface area (Å²) in [6.07, 6.45) is 4.62. The van der Waals surface area contributed by atoms with Crippen LogP contribution < -0.4 is 11.1 Å². The van der Waals surface area contributed by atoms with Gasteiger partial charge in [-0.15, -0.1) is 0 Å². The van der Waals surface area contributed by atoms with E-state index < -0.39 is 0 Å². The first-order valence-electron chi connectivity index (χ1n) is 6.64. The largest absolute Gasteiger partial charge is 0.350 e. The predicted molar refractivity (Wildman–Crippen MR) is 71.2 cm³/mol. The first-order valence-corrected chi connectivity index (χ1v) is 6.64. The Morgan fingerprint density at radius 3 is 2.94 bits per heavy atom. The molecular weight excluding hydrogens is 226 g/mol. The molecule has 1 heterocycles. The molecule has 1 aliphatic rings. The van der Waals surface area contributed by atoms with Gasteiger partial charge in [0, 0.05) is 18.3 Å².